The van der Waals surface area contributed by atoms with Crippen molar-refractivity contribution in [3.63, 3.8) is 0 Å². The summed E-state index contributed by atoms with van der Waals surface area (Å²) in [5, 5.41) is 14.3. The van der Waals surface area contributed by atoms with Crippen molar-refractivity contribution < 1.29 is 9.72 Å². The van der Waals surface area contributed by atoms with E-state index in [9.17, 15) is 14.9 Å². The van der Waals surface area contributed by atoms with Crippen molar-refractivity contribution >= 4 is 63.9 Å². The van der Waals surface area contributed by atoms with E-state index in [2.05, 4.69) is 5.32 Å². The molecule has 1 N–H and O–H groups in total. The third-order valence-electron chi connectivity index (χ3n) is 3.45. The number of rotatable bonds is 3. The number of anilines is 1. The van der Waals surface area contributed by atoms with Gasteiger partial charge in [-0.25, -0.2) is 0 Å². The number of nitrogens with one attached hydrogen (secondary N) is 1. The third kappa shape index (κ3) is 3.34. The van der Waals surface area contributed by atoms with Gasteiger partial charge in [0.1, 0.15) is 10.7 Å². The Balaban J connectivity index is 1.98. The molecule has 2 aromatic rings. The van der Waals surface area contributed by atoms with E-state index in [0.717, 1.165) is 0 Å². The smallest absolute Gasteiger partial charge is 0.288 e. The van der Waals surface area contributed by atoms with E-state index in [1.165, 1.54) is 23.1 Å². The lowest BCUT2D eigenvalue weighted by Gasteiger charge is -2.15. The first-order valence-corrected chi connectivity index (χ1v) is 8.10. The number of carbonyl (C=O) groups is 1. The van der Waals surface area contributed by atoms with Gasteiger partial charge in [0.15, 0.2) is 5.11 Å². The first kappa shape index (κ1) is 17.3. The molecular formula is C16H9Cl2N3O3S. The van der Waals surface area contributed by atoms with Crippen LogP contribution < -0.4 is 10.2 Å². The van der Waals surface area contributed by atoms with Crippen LogP contribution in [0.25, 0.3) is 6.08 Å². The monoisotopic (exact) mass is 393 g/mol. The molecular weight excluding hydrogens is 385 g/mol. The molecule has 1 aliphatic heterocycles. The zero-order chi connectivity index (χ0) is 18.1. The van der Waals surface area contributed by atoms with Crippen LogP contribution >= 0.6 is 35.4 Å². The van der Waals surface area contributed by atoms with Gasteiger partial charge in [0.25, 0.3) is 11.6 Å². The molecule has 0 bridgehead atoms. The fourth-order valence-corrected chi connectivity index (χ4v) is 3.01. The normalized spacial score (nSPS) is 15.6. The molecule has 0 radical (unpaired) electrons. The number of nitrogens with zero attached hydrogens (tertiary/aromatic N) is 2. The minimum Gasteiger partial charge on any atom is -0.327 e. The Kier molecular flexibility index (Phi) is 4.71. The van der Waals surface area contributed by atoms with Gasteiger partial charge in [-0.05, 0) is 42.1 Å². The topological polar surface area (TPSA) is 75.5 Å². The molecule has 0 atom stereocenters. The maximum atomic E-state index is 12.6. The molecule has 6 nitrogen and oxygen atoms in total. The van der Waals surface area contributed by atoms with Gasteiger partial charge in [-0.2, -0.15) is 0 Å². The molecule has 1 amide bonds. The van der Waals surface area contributed by atoms with Gasteiger partial charge in [-0.3, -0.25) is 19.8 Å². The zero-order valence-electron chi connectivity index (χ0n) is 12.4. The number of carbonyl (C=O) groups excluding carboxylic acids is 1. The molecule has 3 rings (SSSR count). The van der Waals surface area contributed by atoms with Gasteiger partial charge in [0, 0.05) is 6.07 Å². The fourth-order valence-electron chi connectivity index (χ4n) is 2.31. The maximum absolute atomic E-state index is 12.6. The van der Waals surface area contributed by atoms with Crippen LogP contribution in [-0.2, 0) is 4.79 Å². The Hall–Kier alpha value is -2.48. The van der Waals surface area contributed by atoms with E-state index in [1.54, 1.807) is 30.3 Å². The molecule has 0 saturated carbocycles. The summed E-state index contributed by atoms with van der Waals surface area (Å²) in [6.07, 6.45) is 1.47. The molecule has 0 unspecified atom stereocenters. The Morgan fingerprint density at radius 1 is 1.16 bits per heavy atom. The average molecular weight is 394 g/mol. The standard InChI is InChI=1S/C16H9Cl2N3O3S/c17-10-3-1-2-4-13(10)20-15(22)12(19-16(20)25)7-9-5-6-11(18)14(8-9)21(23)24/h1-8H,(H,19,25)/b12-7-. The van der Waals surface area contributed by atoms with Crippen LogP contribution in [0.5, 0.6) is 0 Å². The second kappa shape index (κ2) is 6.79. The van der Waals surface area contributed by atoms with E-state index in [0.29, 0.717) is 16.3 Å². The Morgan fingerprint density at radius 2 is 1.88 bits per heavy atom. The van der Waals surface area contributed by atoms with Crippen LogP contribution in [0.1, 0.15) is 5.56 Å². The second-order valence-electron chi connectivity index (χ2n) is 5.05. The van der Waals surface area contributed by atoms with Crippen LogP contribution in [-0.4, -0.2) is 15.9 Å². The number of amides is 1. The summed E-state index contributed by atoms with van der Waals surface area (Å²) in [6.45, 7) is 0. The lowest BCUT2D eigenvalue weighted by Crippen LogP contribution is -2.30. The summed E-state index contributed by atoms with van der Waals surface area (Å²) in [4.78, 5) is 24.3. The van der Waals surface area contributed by atoms with E-state index >= 15 is 0 Å². The van der Waals surface area contributed by atoms with Crippen molar-refractivity contribution in [3.8, 4) is 0 Å². The predicted molar refractivity (Wildman–Crippen MR) is 101 cm³/mol. The van der Waals surface area contributed by atoms with Crippen molar-refractivity contribution in [1.82, 2.24) is 5.32 Å². The summed E-state index contributed by atoms with van der Waals surface area (Å²) >= 11 is 17.1. The molecule has 25 heavy (non-hydrogen) atoms. The van der Waals surface area contributed by atoms with Gasteiger partial charge in [-0.15, -0.1) is 0 Å². The molecule has 1 fully saturated rings. The second-order valence-corrected chi connectivity index (χ2v) is 6.25. The molecule has 1 heterocycles. The molecule has 1 aliphatic rings. The Bertz CT molecular complexity index is 946. The lowest BCUT2D eigenvalue weighted by molar-refractivity contribution is -0.384. The molecule has 1 saturated heterocycles. The number of halogens is 2. The summed E-state index contributed by atoms with van der Waals surface area (Å²) in [7, 11) is 0. The number of nitro groups is 1. The van der Waals surface area contributed by atoms with Crippen molar-refractivity contribution in [2.45, 2.75) is 0 Å². The highest BCUT2D eigenvalue weighted by atomic mass is 35.5. The number of hydrogen-bond donors (Lipinski definition) is 1. The number of thiocarbonyl (C=S) groups is 1. The predicted octanol–water partition coefficient (Wildman–Crippen LogP) is 4.16. The van der Waals surface area contributed by atoms with Gasteiger partial charge < -0.3 is 5.32 Å². The summed E-state index contributed by atoms with van der Waals surface area (Å²) < 4.78 is 0. The number of para-hydroxylation sites is 1. The van der Waals surface area contributed by atoms with Crippen LogP contribution in [0.3, 0.4) is 0 Å². The van der Waals surface area contributed by atoms with Crippen molar-refractivity contribution in [2.24, 2.45) is 0 Å². The van der Waals surface area contributed by atoms with Crippen molar-refractivity contribution in [1.29, 1.82) is 0 Å². The minimum absolute atomic E-state index is 0.0195. The first-order valence-electron chi connectivity index (χ1n) is 6.94. The maximum Gasteiger partial charge on any atom is 0.288 e. The van der Waals surface area contributed by atoms with Crippen molar-refractivity contribution in [3.05, 3.63) is 73.9 Å². The summed E-state index contributed by atoms with van der Waals surface area (Å²) in [5.41, 5.74) is 0.835. The SMILES string of the molecule is O=C1/C(=C/c2ccc(Cl)c([N+](=O)[O-])c2)NC(=S)N1c1ccccc1Cl. The highest BCUT2D eigenvalue weighted by Crippen LogP contribution is 2.30. The van der Waals surface area contributed by atoms with Crippen LogP contribution in [0.2, 0.25) is 10.0 Å². The number of benzene rings is 2. The molecule has 0 aromatic heterocycles. The molecule has 126 valence electrons. The summed E-state index contributed by atoms with van der Waals surface area (Å²) in [6, 6.07) is 11.1. The largest absolute Gasteiger partial charge is 0.327 e. The quantitative estimate of drug-likeness (QED) is 0.366. The molecule has 2 aromatic carbocycles. The summed E-state index contributed by atoms with van der Waals surface area (Å²) in [5.74, 6) is -0.407. The molecule has 0 spiro atoms. The Labute approximate surface area is 157 Å². The van der Waals surface area contributed by atoms with Gasteiger partial charge in [-0.1, -0.05) is 41.4 Å². The minimum atomic E-state index is -0.588. The van der Waals surface area contributed by atoms with Gasteiger partial charge in [0.05, 0.1) is 15.6 Å². The number of nitro benzene ring substituents is 1. The number of hydrogen-bond acceptors (Lipinski definition) is 4. The van der Waals surface area contributed by atoms with Crippen LogP contribution in [0, 0.1) is 10.1 Å². The highest BCUT2D eigenvalue weighted by Gasteiger charge is 2.33. The van der Waals surface area contributed by atoms with Crippen LogP contribution in [0.4, 0.5) is 11.4 Å². The zero-order valence-corrected chi connectivity index (χ0v) is 14.7. The lowest BCUT2D eigenvalue weighted by atomic mass is 10.1. The van der Waals surface area contributed by atoms with E-state index in [4.69, 9.17) is 35.4 Å². The van der Waals surface area contributed by atoms with E-state index < -0.39 is 10.8 Å². The van der Waals surface area contributed by atoms with Gasteiger partial charge >= 0.3 is 0 Å². The fraction of sp³-hybridized carbons (Fsp3) is 0. The molecule has 0 aliphatic carbocycles. The third-order valence-corrected chi connectivity index (χ3v) is 4.37. The van der Waals surface area contributed by atoms with E-state index in [-0.39, 0.29) is 21.5 Å². The molecule has 9 heteroatoms. The van der Waals surface area contributed by atoms with Gasteiger partial charge in [0.2, 0.25) is 0 Å². The Morgan fingerprint density at radius 3 is 2.56 bits per heavy atom. The van der Waals surface area contributed by atoms with Crippen LogP contribution in [0.15, 0.2) is 48.2 Å². The average Bonchev–Trinajstić information content (AvgIpc) is 2.84. The first-order chi connectivity index (χ1) is 11.9. The van der Waals surface area contributed by atoms with E-state index in [1.807, 2.05) is 0 Å². The highest BCUT2D eigenvalue weighted by molar-refractivity contribution is 7.80. The van der Waals surface area contributed by atoms with Crippen molar-refractivity contribution in [2.75, 3.05) is 4.90 Å².